The molecule has 4 rings (SSSR count). The second-order valence-corrected chi connectivity index (χ2v) is 11.4. The Balaban J connectivity index is 1.74. The van der Waals surface area contributed by atoms with Crippen molar-refractivity contribution < 1.29 is 19.1 Å². The largest absolute Gasteiger partial charge is 0.497 e. The van der Waals surface area contributed by atoms with Gasteiger partial charge >= 0.3 is 0 Å². The molecule has 1 atom stereocenters. The first-order valence-corrected chi connectivity index (χ1v) is 13.8. The van der Waals surface area contributed by atoms with Crippen LogP contribution in [0.4, 0.5) is 0 Å². The predicted molar refractivity (Wildman–Crippen MR) is 160 cm³/mol. The van der Waals surface area contributed by atoms with Gasteiger partial charge < -0.3 is 25.1 Å². The van der Waals surface area contributed by atoms with Crippen LogP contribution in [0, 0.1) is 0 Å². The number of rotatable bonds is 10. The Hall–Kier alpha value is -4.33. The topological polar surface area (TPSA) is 115 Å². The fourth-order valence-corrected chi connectivity index (χ4v) is 5.10. The summed E-state index contributed by atoms with van der Waals surface area (Å²) in [6.07, 6.45) is 3.54. The number of likely N-dealkylation sites (tertiary alicyclic amines) is 1. The lowest BCUT2D eigenvalue weighted by Crippen LogP contribution is -2.31. The quantitative estimate of drug-likeness (QED) is 0.374. The van der Waals surface area contributed by atoms with Crippen molar-refractivity contribution in [2.75, 3.05) is 14.2 Å². The van der Waals surface area contributed by atoms with Gasteiger partial charge in [-0.1, -0.05) is 57.2 Å². The summed E-state index contributed by atoms with van der Waals surface area (Å²) in [5.41, 5.74) is 9.99. The number of amides is 2. The van der Waals surface area contributed by atoms with E-state index in [0.717, 1.165) is 16.7 Å². The lowest BCUT2D eigenvalue weighted by Gasteiger charge is -2.25. The van der Waals surface area contributed by atoms with Crippen LogP contribution in [0.1, 0.15) is 68.0 Å². The maximum Gasteiger partial charge on any atom is 0.251 e. The molecule has 41 heavy (non-hydrogen) atoms. The first-order chi connectivity index (χ1) is 19.5. The minimum atomic E-state index is -0.451. The summed E-state index contributed by atoms with van der Waals surface area (Å²) in [5, 5.41) is 0. The van der Waals surface area contributed by atoms with Crippen molar-refractivity contribution in [2.45, 2.75) is 64.5 Å². The summed E-state index contributed by atoms with van der Waals surface area (Å²) in [6, 6.07) is 17.3. The Bertz CT molecular complexity index is 1500. The van der Waals surface area contributed by atoms with Gasteiger partial charge in [0.25, 0.3) is 5.56 Å². The van der Waals surface area contributed by atoms with Crippen molar-refractivity contribution in [2.24, 2.45) is 5.73 Å². The fraction of sp³-hybridized carbons (Fsp3) is 0.364. The number of nitrogens with zero attached hydrogens (tertiary/aromatic N) is 1. The third-order valence-corrected chi connectivity index (χ3v) is 7.55. The van der Waals surface area contributed by atoms with Crippen LogP contribution in [-0.4, -0.2) is 42.0 Å². The molecule has 0 bridgehead atoms. The highest BCUT2D eigenvalue weighted by molar-refractivity contribution is 5.82. The van der Waals surface area contributed by atoms with Crippen LogP contribution in [0.3, 0.4) is 0 Å². The maximum absolute atomic E-state index is 13.1. The molecule has 0 unspecified atom stereocenters. The number of carbonyl (C=O) groups excluding carboxylic acids is 2. The van der Waals surface area contributed by atoms with E-state index in [9.17, 15) is 14.4 Å². The van der Waals surface area contributed by atoms with Crippen LogP contribution in [0.2, 0.25) is 0 Å². The van der Waals surface area contributed by atoms with Crippen LogP contribution in [-0.2, 0) is 28.0 Å². The van der Waals surface area contributed by atoms with Gasteiger partial charge in [-0.25, -0.2) is 0 Å². The van der Waals surface area contributed by atoms with E-state index in [1.807, 2.05) is 29.2 Å². The van der Waals surface area contributed by atoms with Gasteiger partial charge in [0.15, 0.2) is 0 Å². The third-order valence-electron chi connectivity index (χ3n) is 7.55. The number of hydrogen-bond donors (Lipinski definition) is 2. The van der Waals surface area contributed by atoms with E-state index in [-0.39, 0.29) is 35.8 Å². The second kappa shape index (κ2) is 12.5. The molecule has 8 heteroatoms. The number of pyridine rings is 1. The number of primary amides is 1. The molecule has 0 radical (unpaired) electrons. The van der Waals surface area contributed by atoms with Gasteiger partial charge in [0.2, 0.25) is 11.8 Å². The van der Waals surface area contributed by atoms with E-state index >= 15 is 0 Å². The monoisotopic (exact) mass is 557 g/mol. The van der Waals surface area contributed by atoms with E-state index in [0.29, 0.717) is 42.1 Å². The first kappa shape index (κ1) is 29.6. The van der Waals surface area contributed by atoms with E-state index in [1.54, 1.807) is 20.3 Å². The van der Waals surface area contributed by atoms with Crippen LogP contribution in [0.15, 0.2) is 65.5 Å². The summed E-state index contributed by atoms with van der Waals surface area (Å²) in [7, 11) is 3.20. The number of aromatic nitrogens is 1. The molecule has 0 spiro atoms. The molecule has 3 aromatic rings. The Labute approximate surface area is 241 Å². The summed E-state index contributed by atoms with van der Waals surface area (Å²) < 4.78 is 10.9. The highest BCUT2D eigenvalue weighted by Gasteiger charge is 2.31. The van der Waals surface area contributed by atoms with Crippen molar-refractivity contribution in [1.29, 1.82) is 0 Å². The number of ether oxygens (including phenoxy) is 2. The summed E-state index contributed by atoms with van der Waals surface area (Å²) in [5.74, 6) is 0.939. The number of aromatic amines is 1. The van der Waals surface area contributed by atoms with E-state index in [2.05, 4.69) is 56.1 Å². The van der Waals surface area contributed by atoms with Crippen molar-refractivity contribution in [1.82, 2.24) is 9.88 Å². The predicted octanol–water partition coefficient (Wildman–Crippen LogP) is 4.73. The summed E-state index contributed by atoms with van der Waals surface area (Å²) in [4.78, 5) is 42.2. The van der Waals surface area contributed by atoms with Crippen LogP contribution < -0.4 is 20.8 Å². The number of nitrogens with two attached hydrogens (primary N) is 1. The number of hydrogen-bond acceptors (Lipinski definition) is 5. The molecular weight excluding hydrogens is 518 g/mol. The smallest absolute Gasteiger partial charge is 0.251 e. The van der Waals surface area contributed by atoms with E-state index < -0.39 is 5.91 Å². The molecule has 0 saturated carbocycles. The molecule has 1 aliphatic rings. The number of aryl methyl sites for hydroxylation is 1. The molecule has 3 N–H and O–H groups in total. The average Bonchev–Trinajstić information content (AvgIpc) is 3.29. The lowest BCUT2D eigenvalue weighted by molar-refractivity contribution is -0.129. The molecule has 1 fully saturated rings. The van der Waals surface area contributed by atoms with Crippen molar-refractivity contribution in [3.63, 3.8) is 0 Å². The minimum absolute atomic E-state index is 0.00904. The molecule has 2 heterocycles. The Kier molecular flexibility index (Phi) is 9.01. The van der Waals surface area contributed by atoms with Gasteiger partial charge in [-0.05, 0) is 47.6 Å². The highest BCUT2D eigenvalue weighted by atomic mass is 16.5. The maximum atomic E-state index is 13.1. The summed E-state index contributed by atoms with van der Waals surface area (Å²) in [6.45, 7) is 6.87. The number of nitrogens with one attached hydrogen (secondary N) is 1. The van der Waals surface area contributed by atoms with Gasteiger partial charge in [0.1, 0.15) is 11.5 Å². The highest BCUT2D eigenvalue weighted by Crippen LogP contribution is 2.33. The number of benzene rings is 2. The molecule has 2 aromatic carbocycles. The standard InChI is InChI=1S/C33H39N3O5/c1-33(2,3)24-11-6-21(7-12-24)27(28-15-9-22(32(39)35-28)10-16-30(34)37)18-25-13-17-31(38)36(25)20-23-8-14-26(40-4)19-29(23)41-5/h6-9,11-12,14-15,18-19,25H,10,13,16-17,20H2,1-5H3,(H2,34,37)(H,35,39)/t25-/m1/s1. The molecule has 1 saturated heterocycles. The van der Waals surface area contributed by atoms with Crippen LogP contribution in [0.5, 0.6) is 11.5 Å². The van der Waals surface area contributed by atoms with Gasteiger partial charge in [-0.2, -0.15) is 0 Å². The van der Waals surface area contributed by atoms with Gasteiger partial charge in [-0.3, -0.25) is 14.4 Å². The Morgan fingerprint density at radius 1 is 1.02 bits per heavy atom. The molecule has 8 nitrogen and oxygen atoms in total. The molecule has 1 aliphatic heterocycles. The van der Waals surface area contributed by atoms with Gasteiger partial charge in [0, 0.05) is 47.8 Å². The van der Waals surface area contributed by atoms with Gasteiger partial charge in [-0.15, -0.1) is 0 Å². The molecular formula is C33H39N3O5. The second-order valence-electron chi connectivity index (χ2n) is 11.4. The third kappa shape index (κ3) is 7.06. The molecule has 1 aromatic heterocycles. The SMILES string of the molecule is COc1ccc(CN2C(=O)CC[C@@H]2C=C(c2ccc(C(C)(C)C)cc2)c2ccc(CCC(N)=O)c(=O)[nH]2)c(OC)c1. The molecule has 2 amide bonds. The number of H-pyrrole nitrogens is 1. The van der Waals surface area contributed by atoms with E-state index in [4.69, 9.17) is 15.2 Å². The van der Waals surface area contributed by atoms with E-state index in [1.165, 1.54) is 5.56 Å². The zero-order valence-corrected chi connectivity index (χ0v) is 24.5. The first-order valence-electron chi connectivity index (χ1n) is 13.8. The Morgan fingerprint density at radius 2 is 1.73 bits per heavy atom. The number of carbonyl (C=O) groups is 2. The van der Waals surface area contributed by atoms with Crippen molar-refractivity contribution in [3.05, 3.63) is 99.0 Å². The number of methoxy groups -OCH3 is 2. The normalized spacial score (nSPS) is 15.7. The average molecular weight is 558 g/mol. The zero-order chi connectivity index (χ0) is 29.7. The lowest BCUT2D eigenvalue weighted by atomic mass is 9.86. The van der Waals surface area contributed by atoms with Crippen LogP contribution >= 0.6 is 0 Å². The fourth-order valence-electron chi connectivity index (χ4n) is 5.10. The van der Waals surface area contributed by atoms with Crippen LogP contribution in [0.25, 0.3) is 5.57 Å². The van der Waals surface area contributed by atoms with Crippen molar-refractivity contribution >= 4 is 17.4 Å². The molecule has 0 aliphatic carbocycles. The zero-order valence-electron chi connectivity index (χ0n) is 24.5. The minimum Gasteiger partial charge on any atom is -0.497 e. The summed E-state index contributed by atoms with van der Waals surface area (Å²) >= 11 is 0. The van der Waals surface area contributed by atoms with Gasteiger partial charge in [0.05, 0.1) is 20.3 Å². The van der Waals surface area contributed by atoms with Crippen molar-refractivity contribution in [3.8, 4) is 11.5 Å². The molecule has 216 valence electrons. The Morgan fingerprint density at radius 3 is 2.34 bits per heavy atom.